The van der Waals surface area contributed by atoms with Gasteiger partial charge in [0.1, 0.15) is 0 Å². The summed E-state index contributed by atoms with van der Waals surface area (Å²) in [7, 11) is 1.53. The molecule has 1 heterocycles. The third-order valence-corrected chi connectivity index (χ3v) is 5.14. The predicted octanol–water partition coefficient (Wildman–Crippen LogP) is 2.58. The van der Waals surface area contributed by atoms with Crippen molar-refractivity contribution in [3.63, 3.8) is 0 Å². The number of likely N-dealkylation sites (N-methyl/N-ethyl adjacent to an activating group) is 1. The first-order valence-corrected chi connectivity index (χ1v) is 10.2. The second kappa shape index (κ2) is 9.91. The van der Waals surface area contributed by atoms with Gasteiger partial charge in [-0.25, -0.2) is 4.79 Å². The number of amides is 3. The highest BCUT2D eigenvalue weighted by Crippen LogP contribution is 2.25. The molecule has 0 aromatic heterocycles. The molecule has 2 aromatic carbocycles. The normalized spacial score (nSPS) is 15.9. The number of ketones is 1. The molecule has 2 aromatic rings. The van der Waals surface area contributed by atoms with Gasteiger partial charge in [0.15, 0.2) is 11.8 Å². The van der Waals surface area contributed by atoms with Gasteiger partial charge in [-0.2, -0.15) is 0 Å². The SMILES string of the molecule is CC1=CN(C)C(=O)C(N(C(=O)NCCC(=O)O)c2cccc(Cc3ccccc3)c2)C1=O. The third-order valence-electron chi connectivity index (χ3n) is 5.14. The van der Waals surface area contributed by atoms with Crippen molar-refractivity contribution in [3.8, 4) is 0 Å². The van der Waals surface area contributed by atoms with Crippen LogP contribution in [0.15, 0.2) is 66.4 Å². The zero-order valence-corrected chi connectivity index (χ0v) is 17.9. The summed E-state index contributed by atoms with van der Waals surface area (Å²) in [6.07, 6.45) is 1.76. The second-order valence-electron chi connectivity index (χ2n) is 7.61. The summed E-state index contributed by atoms with van der Waals surface area (Å²) >= 11 is 0. The van der Waals surface area contributed by atoms with E-state index in [1.165, 1.54) is 18.1 Å². The molecule has 8 heteroatoms. The summed E-state index contributed by atoms with van der Waals surface area (Å²) in [4.78, 5) is 52.2. The summed E-state index contributed by atoms with van der Waals surface area (Å²) in [5.41, 5.74) is 2.70. The lowest BCUT2D eigenvalue weighted by Crippen LogP contribution is -2.58. The van der Waals surface area contributed by atoms with E-state index in [2.05, 4.69) is 5.32 Å². The van der Waals surface area contributed by atoms with E-state index in [0.717, 1.165) is 16.0 Å². The molecule has 3 rings (SSSR count). The van der Waals surface area contributed by atoms with Crippen LogP contribution in [0.2, 0.25) is 0 Å². The molecule has 0 saturated heterocycles. The van der Waals surface area contributed by atoms with Gasteiger partial charge in [0.25, 0.3) is 5.91 Å². The molecule has 1 aliphatic heterocycles. The quantitative estimate of drug-likeness (QED) is 0.650. The molecule has 0 fully saturated rings. The van der Waals surface area contributed by atoms with E-state index in [1.54, 1.807) is 25.1 Å². The van der Waals surface area contributed by atoms with E-state index in [1.807, 2.05) is 36.4 Å². The number of aliphatic carboxylic acids is 1. The highest BCUT2D eigenvalue weighted by Gasteiger charge is 2.41. The van der Waals surface area contributed by atoms with Gasteiger partial charge >= 0.3 is 12.0 Å². The number of Topliss-reactive ketones (excluding diaryl/α,β-unsaturated/α-hetero) is 1. The van der Waals surface area contributed by atoms with Crippen LogP contribution in [0.5, 0.6) is 0 Å². The average Bonchev–Trinajstić information content (AvgIpc) is 2.76. The van der Waals surface area contributed by atoms with Gasteiger partial charge in [0, 0.05) is 31.1 Å². The summed E-state index contributed by atoms with van der Waals surface area (Å²) in [6, 6.07) is 14.8. The fraction of sp³-hybridized carbons (Fsp3) is 0.250. The fourth-order valence-corrected chi connectivity index (χ4v) is 3.56. The largest absolute Gasteiger partial charge is 0.481 e. The molecule has 0 aliphatic carbocycles. The minimum Gasteiger partial charge on any atom is -0.481 e. The molecule has 3 amide bonds. The Balaban J connectivity index is 1.97. The molecule has 1 atom stereocenters. The maximum absolute atomic E-state index is 13.1. The first-order chi connectivity index (χ1) is 15.3. The van der Waals surface area contributed by atoms with Gasteiger partial charge in [-0.1, -0.05) is 42.5 Å². The topological polar surface area (TPSA) is 107 Å². The Hall–Kier alpha value is -3.94. The zero-order valence-electron chi connectivity index (χ0n) is 17.9. The van der Waals surface area contributed by atoms with Crippen LogP contribution in [0.25, 0.3) is 0 Å². The maximum Gasteiger partial charge on any atom is 0.323 e. The molecule has 166 valence electrons. The molecule has 0 bridgehead atoms. The second-order valence-corrected chi connectivity index (χ2v) is 7.61. The lowest BCUT2D eigenvalue weighted by molar-refractivity contribution is -0.137. The molecule has 32 heavy (non-hydrogen) atoms. The summed E-state index contributed by atoms with van der Waals surface area (Å²) in [5, 5.41) is 11.4. The van der Waals surface area contributed by atoms with E-state index in [9.17, 15) is 19.2 Å². The van der Waals surface area contributed by atoms with Gasteiger partial charge < -0.3 is 15.3 Å². The number of hydrogen-bond acceptors (Lipinski definition) is 4. The molecular weight excluding hydrogens is 410 g/mol. The molecule has 2 N–H and O–H groups in total. The lowest BCUT2D eigenvalue weighted by Gasteiger charge is -2.34. The van der Waals surface area contributed by atoms with E-state index in [4.69, 9.17) is 5.11 Å². The standard InChI is InChI=1S/C24H25N3O5/c1-16-15-26(2)23(31)21(22(16)30)27(24(32)25-12-11-20(28)29)19-10-6-9-18(14-19)13-17-7-4-3-5-8-17/h3-10,14-15,21H,11-13H2,1-2H3,(H,25,32)(H,28,29). The Labute approximate surface area is 186 Å². The van der Waals surface area contributed by atoms with Crippen molar-refractivity contribution in [3.05, 3.63) is 77.5 Å². The van der Waals surface area contributed by atoms with E-state index in [0.29, 0.717) is 17.7 Å². The van der Waals surface area contributed by atoms with Crippen molar-refractivity contribution >= 4 is 29.4 Å². The van der Waals surface area contributed by atoms with Crippen LogP contribution in [0, 0.1) is 0 Å². The van der Waals surface area contributed by atoms with Crippen LogP contribution in [0.4, 0.5) is 10.5 Å². The lowest BCUT2D eigenvalue weighted by atomic mass is 9.98. The van der Waals surface area contributed by atoms with Crippen molar-refractivity contribution in [1.82, 2.24) is 10.2 Å². The summed E-state index contributed by atoms with van der Waals surface area (Å²) in [6.45, 7) is 1.46. The number of nitrogens with one attached hydrogen (secondary N) is 1. The first kappa shape index (κ1) is 22.7. The highest BCUT2D eigenvalue weighted by molar-refractivity contribution is 6.21. The number of benzene rings is 2. The Kier molecular flexibility index (Phi) is 7.04. The van der Waals surface area contributed by atoms with Crippen molar-refractivity contribution in [2.45, 2.75) is 25.8 Å². The molecule has 8 nitrogen and oxygen atoms in total. The fourth-order valence-electron chi connectivity index (χ4n) is 3.56. The van der Waals surface area contributed by atoms with Crippen LogP contribution in [-0.2, 0) is 20.8 Å². The Morgan fingerprint density at radius 3 is 2.44 bits per heavy atom. The number of carbonyl (C=O) groups excluding carboxylic acids is 3. The van der Waals surface area contributed by atoms with Crippen LogP contribution in [0.3, 0.4) is 0 Å². The van der Waals surface area contributed by atoms with Gasteiger partial charge in [0.2, 0.25) is 0 Å². The molecule has 0 radical (unpaired) electrons. The van der Waals surface area contributed by atoms with Gasteiger partial charge in [-0.3, -0.25) is 19.3 Å². The minimum absolute atomic E-state index is 0.131. The Bertz CT molecular complexity index is 1060. The van der Waals surface area contributed by atoms with Gasteiger partial charge in [-0.15, -0.1) is 0 Å². The maximum atomic E-state index is 13.1. The zero-order chi connectivity index (χ0) is 23.3. The smallest absolute Gasteiger partial charge is 0.323 e. The van der Waals surface area contributed by atoms with Crippen molar-refractivity contribution in [1.29, 1.82) is 0 Å². The Morgan fingerprint density at radius 1 is 1.06 bits per heavy atom. The molecular formula is C24H25N3O5. The van der Waals surface area contributed by atoms with E-state index in [-0.39, 0.29) is 13.0 Å². The van der Waals surface area contributed by atoms with Crippen molar-refractivity contribution in [2.24, 2.45) is 0 Å². The first-order valence-electron chi connectivity index (χ1n) is 10.2. The minimum atomic E-state index is -1.37. The summed E-state index contributed by atoms with van der Waals surface area (Å²) < 4.78 is 0. The molecule has 0 saturated carbocycles. The molecule has 1 unspecified atom stereocenters. The molecule has 0 spiro atoms. The van der Waals surface area contributed by atoms with E-state index < -0.39 is 29.7 Å². The highest BCUT2D eigenvalue weighted by atomic mass is 16.4. The van der Waals surface area contributed by atoms with Crippen molar-refractivity contribution < 1.29 is 24.3 Å². The number of carboxylic acid groups (broad SMARTS) is 1. The number of rotatable bonds is 7. The van der Waals surface area contributed by atoms with Crippen LogP contribution < -0.4 is 10.2 Å². The van der Waals surface area contributed by atoms with Gasteiger partial charge in [0.05, 0.1) is 6.42 Å². The number of nitrogens with zero attached hydrogens (tertiary/aromatic N) is 2. The Morgan fingerprint density at radius 2 is 1.75 bits per heavy atom. The van der Waals surface area contributed by atoms with Crippen LogP contribution in [0.1, 0.15) is 24.5 Å². The number of anilines is 1. The monoisotopic (exact) mass is 435 g/mol. The third kappa shape index (κ3) is 5.21. The summed E-state index contributed by atoms with van der Waals surface area (Å²) in [5.74, 6) is -2.08. The predicted molar refractivity (Wildman–Crippen MR) is 119 cm³/mol. The van der Waals surface area contributed by atoms with Crippen LogP contribution in [-0.4, -0.2) is 53.3 Å². The van der Waals surface area contributed by atoms with Crippen molar-refractivity contribution in [2.75, 3.05) is 18.5 Å². The van der Waals surface area contributed by atoms with Gasteiger partial charge in [-0.05, 0) is 36.6 Å². The average molecular weight is 435 g/mol. The number of hydrogen-bond donors (Lipinski definition) is 2. The number of carboxylic acids is 1. The number of urea groups is 1. The van der Waals surface area contributed by atoms with E-state index >= 15 is 0 Å². The number of carbonyl (C=O) groups is 4. The van der Waals surface area contributed by atoms with Crippen LogP contribution >= 0.6 is 0 Å². The molecule has 1 aliphatic rings.